The molecule has 22 heteroatoms. The highest BCUT2D eigenvalue weighted by Crippen LogP contribution is 2.70. The molecule has 4 amide bonds. The van der Waals surface area contributed by atoms with Gasteiger partial charge in [-0.25, -0.2) is 9.48 Å². The Morgan fingerprint density at radius 2 is 1.57 bits per heavy atom. The van der Waals surface area contributed by atoms with E-state index < -0.39 is 0 Å². The third kappa shape index (κ3) is 15.1. The molecule has 0 aromatic carbocycles. The number of aromatic nitrogens is 3. The molecule has 0 radical (unpaired) electrons. The summed E-state index contributed by atoms with van der Waals surface area (Å²) in [5.74, 6) is 1.22. The molecule has 6 aliphatic rings. The van der Waals surface area contributed by atoms with E-state index in [1.54, 1.807) is 10.9 Å². The fourth-order valence-electron chi connectivity index (χ4n) is 14.3. The first kappa shape index (κ1) is 58.6. The molecule has 10 N–H and O–H groups in total. The quantitative estimate of drug-likeness (QED) is 0.0252. The van der Waals surface area contributed by atoms with Gasteiger partial charge < -0.3 is 62.2 Å². The van der Waals surface area contributed by atoms with Crippen LogP contribution in [0.4, 0.5) is 4.79 Å². The highest BCUT2D eigenvalue weighted by molar-refractivity contribution is 8.00. The predicted molar refractivity (Wildman–Crippen MR) is 280 cm³/mol. The van der Waals surface area contributed by atoms with Crippen molar-refractivity contribution in [1.82, 2.24) is 36.3 Å². The Hall–Kier alpha value is -4.09. The number of ether oxygens (including phenoxy) is 5. The SMILES string of the molecule is C[C@H](CCC(=O)NCc1cn(CCOCCOCCNC(=O)CCCCC2SC[C@@H]3NC(=O)N[C@H]23)nn1)[C@H]1CC[C@H]2C3[C@H](COC(=O)CCN)CC4C[C@H](OC(=O)CCN)CCC4(C)[C@H]3C[C@H](OC(=O)CCN)C12C. The van der Waals surface area contributed by atoms with Crippen LogP contribution in [0.25, 0.3) is 0 Å². The van der Waals surface area contributed by atoms with Crippen molar-refractivity contribution in [2.75, 3.05) is 65.0 Å². The van der Waals surface area contributed by atoms with Crippen LogP contribution in [0.2, 0.25) is 0 Å². The Bertz CT molecular complexity index is 2070. The largest absolute Gasteiger partial charge is 0.465 e. The smallest absolute Gasteiger partial charge is 0.315 e. The third-order valence-corrected chi connectivity index (χ3v) is 19.6. The zero-order valence-corrected chi connectivity index (χ0v) is 45.6. The number of carbonyl (C=O) groups excluding carboxylic acids is 6. The standard InChI is InChI=1S/C53H88N10O11S/c1-33(8-11-45(65)58-29-36-30-63(62-61-36)21-23-71-25-24-70-22-20-57-44(64)7-5-4-6-42-50-41(32-75-42)59-51(69)60-50)38-9-10-39-49-34(31-72-46(66)13-17-54)26-35-27-37(73-47(67)14-18-55)12-16-52(35,2)40(49)28-43(53(38,39)3)74-48(68)15-19-56/h30,33-35,37-43,49-50H,4-29,31-32,54-56H2,1-3H3,(H,57,64)(H,58,65)(H2,59,60,69)/t33-,34+,35?,37-,38-,39+,40+,41+,42?,43+,49?,50+,52?,53?/m1/s1. The number of thioether (sulfide) groups is 1. The summed E-state index contributed by atoms with van der Waals surface area (Å²) in [7, 11) is 0. The van der Waals surface area contributed by atoms with Crippen LogP contribution in [0.5, 0.6) is 0 Å². The van der Waals surface area contributed by atoms with E-state index in [9.17, 15) is 28.8 Å². The number of nitrogens with two attached hydrogens (primary N) is 3. The zero-order chi connectivity index (χ0) is 53.5. The van der Waals surface area contributed by atoms with Crippen LogP contribution in [0, 0.1) is 52.3 Å². The van der Waals surface area contributed by atoms with E-state index in [4.69, 9.17) is 40.9 Å². The van der Waals surface area contributed by atoms with Gasteiger partial charge in [0.2, 0.25) is 11.8 Å². The maximum Gasteiger partial charge on any atom is 0.315 e. The van der Waals surface area contributed by atoms with Crippen molar-refractivity contribution in [2.24, 2.45) is 69.5 Å². The van der Waals surface area contributed by atoms with E-state index in [1.165, 1.54) is 0 Å². The van der Waals surface area contributed by atoms with E-state index in [0.29, 0.717) is 82.8 Å². The normalized spacial score (nSPS) is 31.9. The molecule has 7 rings (SSSR count). The molecule has 2 saturated heterocycles. The number of rotatable bonds is 30. The highest BCUT2D eigenvalue weighted by Gasteiger charge is 2.67. The van der Waals surface area contributed by atoms with E-state index in [1.807, 2.05) is 11.8 Å². The number of urea groups is 1. The molecule has 75 heavy (non-hydrogen) atoms. The number of carbonyl (C=O) groups is 6. The van der Waals surface area contributed by atoms with Crippen molar-refractivity contribution in [3.8, 4) is 0 Å². The van der Waals surface area contributed by atoms with Gasteiger partial charge in [-0.15, -0.1) is 5.10 Å². The molecule has 5 unspecified atom stereocenters. The van der Waals surface area contributed by atoms with Crippen LogP contribution in [0.15, 0.2) is 6.20 Å². The van der Waals surface area contributed by atoms with Gasteiger partial charge in [-0.1, -0.05) is 32.4 Å². The minimum atomic E-state index is -0.385. The zero-order valence-electron chi connectivity index (χ0n) is 44.8. The number of unbranched alkanes of at least 4 members (excludes halogenated alkanes) is 1. The first-order valence-corrected chi connectivity index (χ1v) is 29.1. The summed E-state index contributed by atoms with van der Waals surface area (Å²) in [4.78, 5) is 76.0. The predicted octanol–water partition coefficient (Wildman–Crippen LogP) is 3.09. The second-order valence-electron chi connectivity index (χ2n) is 22.6. The second-order valence-corrected chi connectivity index (χ2v) is 23.9. The molecule has 3 heterocycles. The maximum atomic E-state index is 13.4. The van der Waals surface area contributed by atoms with Gasteiger partial charge in [-0.3, -0.25) is 24.0 Å². The van der Waals surface area contributed by atoms with Crippen LogP contribution < -0.4 is 38.5 Å². The lowest BCUT2D eigenvalue weighted by Crippen LogP contribution is -2.62. The summed E-state index contributed by atoms with van der Waals surface area (Å²) in [6, 6.07) is 0.337. The van der Waals surface area contributed by atoms with Gasteiger partial charge in [0, 0.05) is 55.4 Å². The van der Waals surface area contributed by atoms with Gasteiger partial charge in [0.15, 0.2) is 0 Å². The molecule has 2 aliphatic heterocycles. The maximum absolute atomic E-state index is 13.4. The van der Waals surface area contributed by atoms with Crippen molar-refractivity contribution in [2.45, 2.75) is 166 Å². The summed E-state index contributed by atoms with van der Waals surface area (Å²) >= 11 is 1.89. The van der Waals surface area contributed by atoms with E-state index >= 15 is 0 Å². The number of esters is 3. The fraction of sp³-hybridized carbons (Fsp3) is 0.849. The minimum Gasteiger partial charge on any atom is -0.465 e. The van der Waals surface area contributed by atoms with Gasteiger partial charge >= 0.3 is 23.9 Å². The van der Waals surface area contributed by atoms with Crippen molar-refractivity contribution in [1.29, 1.82) is 0 Å². The van der Waals surface area contributed by atoms with Crippen molar-refractivity contribution >= 4 is 47.5 Å². The van der Waals surface area contributed by atoms with Crippen LogP contribution in [0.1, 0.15) is 129 Å². The Balaban J connectivity index is 0.832. The fourth-order valence-corrected chi connectivity index (χ4v) is 15.8. The van der Waals surface area contributed by atoms with Crippen LogP contribution in [0.3, 0.4) is 0 Å². The monoisotopic (exact) mass is 1070 g/mol. The number of hydrogen-bond donors (Lipinski definition) is 7. The molecule has 6 fully saturated rings. The van der Waals surface area contributed by atoms with Gasteiger partial charge in [0.1, 0.15) is 17.9 Å². The molecule has 21 nitrogen and oxygen atoms in total. The molecule has 1 aromatic heterocycles. The minimum absolute atomic E-state index is 0.0142. The highest BCUT2D eigenvalue weighted by atomic mass is 32.2. The number of nitrogens with zero attached hydrogens (tertiary/aromatic N) is 3. The average molecular weight is 1070 g/mol. The van der Waals surface area contributed by atoms with Crippen LogP contribution in [-0.4, -0.2) is 145 Å². The topological polar surface area (TPSA) is 305 Å². The molecule has 4 saturated carbocycles. The number of hydrogen-bond acceptors (Lipinski definition) is 17. The molecule has 14 atom stereocenters. The van der Waals surface area contributed by atoms with Crippen molar-refractivity contribution in [3.63, 3.8) is 0 Å². The number of nitrogens with one attached hydrogen (secondary N) is 4. The summed E-state index contributed by atoms with van der Waals surface area (Å²) < 4.78 is 31.5. The summed E-state index contributed by atoms with van der Waals surface area (Å²) in [5, 5.41) is 20.8. The van der Waals surface area contributed by atoms with Crippen LogP contribution in [-0.2, 0) is 60.7 Å². The lowest BCUT2D eigenvalue weighted by atomic mass is 9.41. The lowest BCUT2D eigenvalue weighted by molar-refractivity contribution is -0.214. The lowest BCUT2D eigenvalue weighted by Gasteiger charge is -2.64. The molecule has 0 spiro atoms. The van der Waals surface area contributed by atoms with Gasteiger partial charge in [-0.2, -0.15) is 11.8 Å². The molecule has 0 bridgehead atoms. The molecule has 1 aromatic rings. The first-order chi connectivity index (χ1) is 36.2. The molecule has 4 aliphatic carbocycles. The Morgan fingerprint density at radius 3 is 2.35 bits per heavy atom. The summed E-state index contributed by atoms with van der Waals surface area (Å²) in [6.07, 6.45) is 11.7. The van der Waals surface area contributed by atoms with Crippen molar-refractivity contribution < 1.29 is 52.5 Å². The molecular weight excluding hydrogens is 985 g/mol. The Morgan fingerprint density at radius 1 is 0.840 bits per heavy atom. The molecule has 422 valence electrons. The van der Waals surface area contributed by atoms with Crippen molar-refractivity contribution in [3.05, 3.63) is 11.9 Å². The number of amides is 4. The van der Waals surface area contributed by atoms with Gasteiger partial charge in [0.25, 0.3) is 0 Å². The van der Waals surface area contributed by atoms with E-state index in [0.717, 1.165) is 63.5 Å². The number of fused-ring (bicyclic) bond motifs is 6. The molecular formula is C53H88N10O11S. The summed E-state index contributed by atoms with van der Waals surface area (Å²) in [5.41, 5.74) is 17.4. The van der Waals surface area contributed by atoms with Gasteiger partial charge in [0.05, 0.1) is 83.7 Å². The Kier molecular flexibility index (Phi) is 21.9. The van der Waals surface area contributed by atoms with Gasteiger partial charge in [-0.05, 0) is 111 Å². The van der Waals surface area contributed by atoms with Crippen LogP contribution >= 0.6 is 11.8 Å². The summed E-state index contributed by atoms with van der Waals surface area (Å²) in [6.45, 7) is 10.6. The first-order valence-electron chi connectivity index (χ1n) is 28.1. The van der Waals surface area contributed by atoms with E-state index in [2.05, 4.69) is 52.4 Å². The van der Waals surface area contributed by atoms with E-state index in [-0.39, 0.29) is 158 Å². The Labute approximate surface area is 447 Å². The third-order valence-electron chi connectivity index (χ3n) is 18.1. The second kappa shape index (κ2) is 28.0. The average Bonchev–Trinajstić information content (AvgIpc) is 4.21.